The van der Waals surface area contributed by atoms with Crippen LogP contribution in [-0.4, -0.2) is 4.68 Å². The van der Waals surface area contributed by atoms with Crippen molar-refractivity contribution in [2.75, 3.05) is 5.43 Å². The molecular formula is C15H15ClN2S. The molecule has 0 unspecified atom stereocenters. The molecule has 1 N–H and O–H groups in total. The van der Waals surface area contributed by atoms with Crippen LogP contribution in [-0.2, 0) is 6.54 Å². The normalized spacial score (nSPS) is 11.1. The van der Waals surface area contributed by atoms with Crippen molar-refractivity contribution in [2.24, 2.45) is 0 Å². The monoisotopic (exact) mass is 290 g/mol. The Hall–Kier alpha value is -1.45. The number of benzene rings is 1. The molecule has 0 radical (unpaired) electrons. The second kappa shape index (κ2) is 4.91. The van der Waals surface area contributed by atoms with Gasteiger partial charge in [-0.05, 0) is 32.0 Å². The molecule has 0 fully saturated rings. The van der Waals surface area contributed by atoms with Gasteiger partial charge in [-0.3, -0.25) is 4.68 Å². The van der Waals surface area contributed by atoms with Crippen LogP contribution in [0.3, 0.4) is 0 Å². The Balaban J connectivity index is 1.88. The molecule has 3 rings (SSSR count). The van der Waals surface area contributed by atoms with Crippen molar-refractivity contribution in [3.63, 3.8) is 0 Å². The molecule has 0 amide bonds. The van der Waals surface area contributed by atoms with Gasteiger partial charge in [0.2, 0.25) is 0 Å². The van der Waals surface area contributed by atoms with Crippen molar-refractivity contribution in [1.29, 1.82) is 0 Å². The van der Waals surface area contributed by atoms with E-state index in [0.717, 1.165) is 17.0 Å². The molecule has 0 spiro atoms. The molecular weight excluding hydrogens is 276 g/mol. The van der Waals surface area contributed by atoms with Crippen LogP contribution >= 0.6 is 22.9 Å². The highest BCUT2D eigenvalue weighted by Gasteiger charge is 2.10. The second-order valence-electron chi connectivity index (χ2n) is 4.62. The van der Waals surface area contributed by atoms with Crippen LogP contribution in [0.15, 0.2) is 36.4 Å². The summed E-state index contributed by atoms with van der Waals surface area (Å²) in [6.07, 6.45) is 0. The Morgan fingerprint density at radius 1 is 1.11 bits per heavy atom. The molecule has 2 nitrogen and oxygen atoms in total. The zero-order chi connectivity index (χ0) is 13.4. The average molecular weight is 291 g/mol. The SMILES string of the molecule is Cc1ccc(C)n1NCc1sc2ccccc2c1Cl. The van der Waals surface area contributed by atoms with Gasteiger partial charge in [0, 0.05) is 26.4 Å². The van der Waals surface area contributed by atoms with Gasteiger partial charge in [0.05, 0.1) is 11.6 Å². The number of nitrogens with one attached hydrogen (secondary N) is 1. The van der Waals surface area contributed by atoms with E-state index in [1.807, 2.05) is 12.1 Å². The molecule has 2 heterocycles. The van der Waals surface area contributed by atoms with Crippen molar-refractivity contribution in [3.05, 3.63) is 57.7 Å². The summed E-state index contributed by atoms with van der Waals surface area (Å²) in [5.74, 6) is 0. The van der Waals surface area contributed by atoms with E-state index in [1.165, 1.54) is 21.0 Å². The number of hydrogen-bond donors (Lipinski definition) is 1. The van der Waals surface area contributed by atoms with Crippen molar-refractivity contribution in [1.82, 2.24) is 4.68 Å². The summed E-state index contributed by atoms with van der Waals surface area (Å²) in [6.45, 7) is 4.92. The molecule has 3 aromatic rings. The lowest BCUT2D eigenvalue weighted by atomic mass is 10.2. The van der Waals surface area contributed by atoms with Crippen LogP contribution in [0.25, 0.3) is 10.1 Å². The van der Waals surface area contributed by atoms with E-state index in [4.69, 9.17) is 11.6 Å². The first kappa shape index (κ1) is 12.6. The molecule has 0 atom stereocenters. The Kier molecular flexibility index (Phi) is 3.25. The van der Waals surface area contributed by atoms with Gasteiger partial charge in [0.1, 0.15) is 0 Å². The molecule has 0 aliphatic heterocycles. The van der Waals surface area contributed by atoms with Crippen molar-refractivity contribution < 1.29 is 0 Å². The first-order valence-electron chi connectivity index (χ1n) is 6.21. The topological polar surface area (TPSA) is 17.0 Å². The van der Waals surface area contributed by atoms with Gasteiger partial charge in [-0.15, -0.1) is 11.3 Å². The first-order chi connectivity index (χ1) is 9.16. The summed E-state index contributed by atoms with van der Waals surface area (Å²) >= 11 is 8.19. The van der Waals surface area contributed by atoms with Gasteiger partial charge in [0.25, 0.3) is 0 Å². The summed E-state index contributed by atoms with van der Waals surface area (Å²) in [7, 11) is 0. The summed E-state index contributed by atoms with van der Waals surface area (Å²) < 4.78 is 3.34. The van der Waals surface area contributed by atoms with Crippen LogP contribution in [0.2, 0.25) is 5.02 Å². The van der Waals surface area contributed by atoms with Gasteiger partial charge in [-0.1, -0.05) is 29.8 Å². The fourth-order valence-electron chi connectivity index (χ4n) is 2.25. The minimum Gasteiger partial charge on any atom is -0.321 e. The molecule has 0 bridgehead atoms. The van der Waals surface area contributed by atoms with Gasteiger partial charge < -0.3 is 5.43 Å². The standard InChI is InChI=1S/C15H15ClN2S/c1-10-7-8-11(2)18(10)17-9-14-15(16)12-5-3-4-6-13(12)19-14/h3-8,17H,9H2,1-2H3. The van der Waals surface area contributed by atoms with Gasteiger partial charge in [0.15, 0.2) is 0 Å². The van der Waals surface area contributed by atoms with Crippen molar-refractivity contribution >= 4 is 33.0 Å². The Labute approximate surface area is 121 Å². The van der Waals surface area contributed by atoms with E-state index in [9.17, 15) is 0 Å². The van der Waals surface area contributed by atoms with Crippen molar-refractivity contribution in [2.45, 2.75) is 20.4 Å². The lowest BCUT2D eigenvalue weighted by molar-refractivity contribution is 0.798. The third-order valence-corrected chi connectivity index (χ3v) is 4.98. The fraction of sp³-hybridized carbons (Fsp3) is 0.200. The molecule has 0 aliphatic carbocycles. The second-order valence-corrected chi connectivity index (χ2v) is 6.14. The van der Waals surface area contributed by atoms with Gasteiger partial charge >= 0.3 is 0 Å². The summed E-state index contributed by atoms with van der Waals surface area (Å²) in [4.78, 5) is 1.18. The quantitative estimate of drug-likeness (QED) is 0.739. The number of hydrogen-bond acceptors (Lipinski definition) is 2. The van der Waals surface area contributed by atoms with Gasteiger partial charge in [-0.2, -0.15) is 0 Å². The van der Waals surface area contributed by atoms with Crippen LogP contribution in [0.4, 0.5) is 0 Å². The predicted octanol–water partition coefficient (Wildman–Crippen LogP) is 4.72. The predicted molar refractivity (Wildman–Crippen MR) is 83.8 cm³/mol. The molecule has 4 heteroatoms. The first-order valence-corrected chi connectivity index (χ1v) is 7.41. The lowest BCUT2D eigenvalue weighted by Gasteiger charge is -2.11. The Morgan fingerprint density at radius 3 is 2.47 bits per heavy atom. The number of fused-ring (bicyclic) bond motifs is 1. The zero-order valence-corrected chi connectivity index (χ0v) is 12.5. The molecule has 0 aliphatic rings. The molecule has 98 valence electrons. The summed E-state index contributed by atoms with van der Waals surface area (Å²) in [5.41, 5.74) is 5.83. The maximum atomic E-state index is 6.44. The van der Waals surface area contributed by atoms with E-state index in [2.05, 4.69) is 48.2 Å². The van der Waals surface area contributed by atoms with Gasteiger partial charge in [-0.25, -0.2) is 0 Å². The highest BCUT2D eigenvalue weighted by molar-refractivity contribution is 7.19. The maximum Gasteiger partial charge on any atom is 0.0672 e. The molecule has 1 aromatic carbocycles. The van der Waals surface area contributed by atoms with E-state index in [1.54, 1.807) is 11.3 Å². The fourth-order valence-corrected chi connectivity index (χ4v) is 3.68. The Morgan fingerprint density at radius 2 is 1.79 bits per heavy atom. The summed E-state index contributed by atoms with van der Waals surface area (Å²) in [6, 6.07) is 12.5. The third-order valence-electron chi connectivity index (χ3n) is 3.27. The average Bonchev–Trinajstić information content (AvgIpc) is 2.90. The van der Waals surface area contributed by atoms with E-state index < -0.39 is 0 Å². The number of halogens is 1. The van der Waals surface area contributed by atoms with Crippen LogP contribution in [0.5, 0.6) is 0 Å². The molecule has 2 aromatic heterocycles. The van der Waals surface area contributed by atoms with Crippen molar-refractivity contribution in [3.8, 4) is 0 Å². The minimum atomic E-state index is 0.745. The molecule has 0 saturated carbocycles. The minimum absolute atomic E-state index is 0.745. The van der Waals surface area contributed by atoms with E-state index in [-0.39, 0.29) is 0 Å². The van der Waals surface area contributed by atoms with E-state index >= 15 is 0 Å². The molecule has 0 saturated heterocycles. The number of thiophene rings is 1. The smallest absolute Gasteiger partial charge is 0.0672 e. The number of nitrogens with zero attached hydrogens (tertiary/aromatic N) is 1. The third kappa shape index (κ3) is 2.24. The van der Waals surface area contributed by atoms with Crippen LogP contribution < -0.4 is 5.43 Å². The van der Waals surface area contributed by atoms with Crippen LogP contribution in [0.1, 0.15) is 16.3 Å². The molecule has 19 heavy (non-hydrogen) atoms. The van der Waals surface area contributed by atoms with E-state index in [0.29, 0.717) is 0 Å². The van der Waals surface area contributed by atoms with Crippen LogP contribution in [0, 0.1) is 13.8 Å². The Bertz CT molecular complexity index is 707. The highest BCUT2D eigenvalue weighted by atomic mass is 35.5. The number of rotatable bonds is 3. The number of aryl methyl sites for hydroxylation is 2. The number of aromatic nitrogens is 1. The largest absolute Gasteiger partial charge is 0.321 e. The zero-order valence-electron chi connectivity index (χ0n) is 10.9. The summed E-state index contributed by atoms with van der Waals surface area (Å²) in [5, 5.41) is 2.02. The lowest BCUT2D eigenvalue weighted by Crippen LogP contribution is -2.16. The highest BCUT2D eigenvalue weighted by Crippen LogP contribution is 2.35. The maximum absolute atomic E-state index is 6.44.